The Morgan fingerprint density at radius 2 is 1.87 bits per heavy atom. The molecule has 2 aliphatic heterocycles. The molecule has 6 nitrogen and oxygen atoms in total. The number of likely N-dealkylation sites (tertiary alicyclic amines) is 1. The molecule has 1 saturated heterocycles. The van der Waals surface area contributed by atoms with E-state index in [-0.39, 0.29) is 12.0 Å². The molecule has 2 aromatic carbocycles. The number of ether oxygens (including phenoxy) is 2. The van der Waals surface area contributed by atoms with Gasteiger partial charge in [-0.3, -0.25) is 9.69 Å². The van der Waals surface area contributed by atoms with Gasteiger partial charge in [0.05, 0.1) is 28.3 Å². The maximum Gasteiger partial charge on any atom is 0.236 e. The molecule has 162 valence electrons. The Bertz CT molecular complexity index is 1030. The van der Waals surface area contributed by atoms with Crippen LogP contribution in [0.1, 0.15) is 23.8 Å². The number of carbonyl (C=O) groups excluding carboxylic acids is 1. The predicted molar refractivity (Wildman–Crippen MR) is 122 cm³/mol. The average molecular weight is 438 g/mol. The largest absolute Gasteiger partial charge is 0.486 e. The van der Waals surface area contributed by atoms with Crippen LogP contribution in [0.25, 0.3) is 10.2 Å². The highest BCUT2D eigenvalue weighted by Gasteiger charge is 2.27. The molecule has 1 atom stereocenters. The lowest BCUT2D eigenvalue weighted by molar-refractivity contribution is -0.132. The van der Waals surface area contributed by atoms with Crippen LogP contribution in [0.5, 0.6) is 11.5 Å². The minimum absolute atomic E-state index is 0.126. The fourth-order valence-electron chi connectivity index (χ4n) is 4.27. The fourth-order valence-corrected chi connectivity index (χ4v) is 5.41. The summed E-state index contributed by atoms with van der Waals surface area (Å²) in [6.45, 7) is 3.29. The van der Waals surface area contributed by atoms with E-state index >= 15 is 0 Å². The van der Waals surface area contributed by atoms with Crippen LogP contribution >= 0.6 is 11.3 Å². The second-order valence-corrected chi connectivity index (χ2v) is 9.40. The number of carbonyl (C=O) groups is 1. The van der Waals surface area contributed by atoms with E-state index in [1.807, 2.05) is 48.7 Å². The molecule has 1 aromatic heterocycles. The van der Waals surface area contributed by atoms with E-state index in [1.54, 1.807) is 4.90 Å². The standard InChI is InChI=1S/C24H27N3O3S/c1-26(14-18-16-29-20-7-3-4-8-21(20)30-18)23(28)15-27-12-10-17(11-13-27)24-25-19-6-2-5-9-22(19)31-24/h2-9,17-18H,10-16H2,1H3. The highest BCUT2D eigenvalue weighted by molar-refractivity contribution is 7.18. The molecule has 1 fully saturated rings. The van der Waals surface area contributed by atoms with Crippen molar-refractivity contribution in [2.24, 2.45) is 0 Å². The summed E-state index contributed by atoms with van der Waals surface area (Å²) in [6, 6.07) is 16.0. The van der Waals surface area contributed by atoms with Crippen LogP contribution in [0.4, 0.5) is 0 Å². The van der Waals surface area contributed by atoms with Crippen molar-refractivity contribution >= 4 is 27.5 Å². The summed E-state index contributed by atoms with van der Waals surface area (Å²) in [5.74, 6) is 2.13. The molecular weight excluding hydrogens is 410 g/mol. The van der Waals surface area contributed by atoms with Crippen LogP contribution in [0.15, 0.2) is 48.5 Å². The van der Waals surface area contributed by atoms with Gasteiger partial charge >= 0.3 is 0 Å². The minimum Gasteiger partial charge on any atom is -0.486 e. The fraction of sp³-hybridized carbons (Fsp3) is 0.417. The van der Waals surface area contributed by atoms with E-state index in [0.29, 0.717) is 25.6 Å². The Morgan fingerprint density at radius 1 is 1.13 bits per heavy atom. The second-order valence-electron chi connectivity index (χ2n) is 8.34. The van der Waals surface area contributed by atoms with Crippen molar-refractivity contribution in [3.63, 3.8) is 0 Å². The van der Waals surface area contributed by atoms with Gasteiger partial charge in [0.1, 0.15) is 6.61 Å². The van der Waals surface area contributed by atoms with Crippen molar-refractivity contribution in [3.05, 3.63) is 53.5 Å². The smallest absolute Gasteiger partial charge is 0.236 e. The zero-order chi connectivity index (χ0) is 21.2. The molecule has 7 heteroatoms. The van der Waals surface area contributed by atoms with E-state index in [0.717, 1.165) is 42.9 Å². The first-order chi connectivity index (χ1) is 15.2. The Labute approximate surface area is 186 Å². The van der Waals surface area contributed by atoms with E-state index in [2.05, 4.69) is 23.1 Å². The molecule has 1 unspecified atom stereocenters. The number of likely N-dealkylation sites (N-methyl/N-ethyl adjacent to an activating group) is 1. The third kappa shape index (κ3) is 4.52. The van der Waals surface area contributed by atoms with Crippen molar-refractivity contribution in [3.8, 4) is 11.5 Å². The molecule has 0 bridgehead atoms. The monoisotopic (exact) mass is 437 g/mol. The van der Waals surface area contributed by atoms with Crippen molar-refractivity contribution in [1.82, 2.24) is 14.8 Å². The van der Waals surface area contributed by atoms with Gasteiger partial charge in [0.25, 0.3) is 0 Å². The molecule has 0 N–H and O–H groups in total. The highest BCUT2D eigenvalue weighted by atomic mass is 32.1. The molecule has 3 aromatic rings. The molecular formula is C24H27N3O3S. The van der Waals surface area contributed by atoms with Crippen molar-refractivity contribution in [1.29, 1.82) is 0 Å². The predicted octanol–water partition coefficient (Wildman–Crippen LogP) is 3.77. The molecule has 0 aliphatic carbocycles. The van der Waals surface area contributed by atoms with Crippen LogP contribution in [0.2, 0.25) is 0 Å². The number of rotatable bonds is 5. The number of piperidine rings is 1. The third-order valence-electron chi connectivity index (χ3n) is 6.08. The van der Waals surface area contributed by atoms with Gasteiger partial charge in [0.15, 0.2) is 17.6 Å². The number of fused-ring (bicyclic) bond motifs is 2. The van der Waals surface area contributed by atoms with Gasteiger partial charge in [-0.05, 0) is 50.2 Å². The second kappa shape index (κ2) is 8.85. The lowest BCUT2D eigenvalue weighted by Crippen LogP contribution is -2.46. The van der Waals surface area contributed by atoms with Crippen LogP contribution in [-0.2, 0) is 4.79 Å². The number of benzene rings is 2. The third-order valence-corrected chi connectivity index (χ3v) is 7.28. The molecule has 31 heavy (non-hydrogen) atoms. The van der Waals surface area contributed by atoms with E-state index < -0.39 is 0 Å². The molecule has 0 saturated carbocycles. The Morgan fingerprint density at radius 3 is 2.68 bits per heavy atom. The number of para-hydroxylation sites is 3. The molecule has 0 spiro atoms. The number of amides is 1. The van der Waals surface area contributed by atoms with Crippen molar-refractivity contribution in [2.45, 2.75) is 24.9 Å². The maximum absolute atomic E-state index is 12.8. The summed E-state index contributed by atoms with van der Waals surface area (Å²) in [5.41, 5.74) is 1.10. The molecule has 2 aliphatic rings. The summed E-state index contributed by atoms with van der Waals surface area (Å²) in [5, 5.41) is 1.24. The first kappa shape index (κ1) is 20.3. The van der Waals surface area contributed by atoms with Gasteiger partial charge < -0.3 is 14.4 Å². The minimum atomic E-state index is -0.145. The molecule has 0 radical (unpaired) electrons. The average Bonchev–Trinajstić information content (AvgIpc) is 3.24. The van der Waals surface area contributed by atoms with Gasteiger partial charge in [-0.1, -0.05) is 24.3 Å². The zero-order valence-electron chi connectivity index (χ0n) is 17.7. The topological polar surface area (TPSA) is 54.9 Å². The Hall–Kier alpha value is -2.64. The van der Waals surface area contributed by atoms with Crippen LogP contribution in [-0.4, -0.2) is 66.6 Å². The number of hydrogen-bond acceptors (Lipinski definition) is 6. The number of aromatic nitrogens is 1. The number of hydrogen-bond donors (Lipinski definition) is 0. The maximum atomic E-state index is 12.8. The Balaban J connectivity index is 1.10. The Kier molecular flexibility index (Phi) is 5.78. The van der Waals surface area contributed by atoms with E-state index in [9.17, 15) is 4.79 Å². The highest BCUT2D eigenvalue weighted by Crippen LogP contribution is 2.34. The summed E-state index contributed by atoms with van der Waals surface area (Å²) < 4.78 is 13.0. The normalized spacial score (nSPS) is 19.5. The van der Waals surface area contributed by atoms with E-state index in [1.165, 1.54) is 9.71 Å². The summed E-state index contributed by atoms with van der Waals surface area (Å²) in [4.78, 5) is 21.6. The quantitative estimate of drug-likeness (QED) is 0.608. The SMILES string of the molecule is CN(CC1COc2ccccc2O1)C(=O)CN1CCC(c2nc3ccccc3s2)CC1. The van der Waals surface area contributed by atoms with Gasteiger partial charge in [-0.25, -0.2) is 4.98 Å². The zero-order valence-corrected chi connectivity index (χ0v) is 18.5. The molecule has 1 amide bonds. The summed E-state index contributed by atoms with van der Waals surface area (Å²) in [7, 11) is 1.85. The van der Waals surface area contributed by atoms with Crippen LogP contribution in [0, 0.1) is 0 Å². The summed E-state index contributed by atoms with van der Waals surface area (Å²) >= 11 is 1.81. The van der Waals surface area contributed by atoms with Gasteiger partial charge in [-0.2, -0.15) is 0 Å². The molecule has 5 rings (SSSR count). The first-order valence-corrected chi connectivity index (χ1v) is 11.7. The van der Waals surface area contributed by atoms with Crippen molar-refractivity contribution in [2.75, 3.05) is 39.8 Å². The van der Waals surface area contributed by atoms with Gasteiger partial charge in [0.2, 0.25) is 5.91 Å². The summed E-state index contributed by atoms with van der Waals surface area (Å²) in [6.07, 6.45) is 1.95. The number of nitrogens with zero attached hydrogens (tertiary/aromatic N) is 3. The number of thiazole rings is 1. The van der Waals surface area contributed by atoms with Crippen LogP contribution in [0.3, 0.4) is 0 Å². The molecule has 3 heterocycles. The lowest BCUT2D eigenvalue weighted by atomic mass is 9.97. The lowest BCUT2D eigenvalue weighted by Gasteiger charge is -2.33. The van der Waals surface area contributed by atoms with Crippen LogP contribution < -0.4 is 9.47 Å². The van der Waals surface area contributed by atoms with Crippen molar-refractivity contribution < 1.29 is 14.3 Å². The van der Waals surface area contributed by atoms with E-state index in [4.69, 9.17) is 14.5 Å². The first-order valence-electron chi connectivity index (χ1n) is 10.9. The van der Waals surface area contributed by atoms with Gasteiger partial charge in [0, 0.05) is 13.0 Å². The van der Waals surface area contributed by atoms with Gasteiger partial charge in [-0.15, -0.1) is 11.3 Å².